The van der Waals surface area contributed by atoms with Crippen LogP contribution in [0.1, 0.15) is 64.2 Å². The lowest BCUT2D eigenvalue weighted by atomic mass is 9.85. The van der Waals surface area contributed by atoms with Gasteiger partial charge in [-0.2, -0.15) is 0 Å². The van der Waals surface area contributed by atoms with Crippen molar-refractivity contribution in [2.45, 2.75) is 81.7 Å². The molecule has 8 nitrogen and oxygen atoms in total. The normalized spacial score (nSPS) is 33.8. The van der Waals surface area contributed by atoms with Crippen LogP contribution in [0.15, 0.2) is 0 Å². The van der Waals surface area contributed by atoms with Crippen LogP contribution in [0.5, 0.6) is 0 Å². The molecule has 2 saturated carbocycles. The molecule has 0 N–H and O–H groups in total. The summed E-state index contributed by atoms with van der Waals surface area (Å²) in [6.45, 7) is 6.00. The van der Waals surface area contributed by atoms with E-state index in [9.17, 15) is 13.2 Å². The summed E-state index contributed by atoms with van der Waals surface area (Å²) in [5.41, 5.74) is 0. The fourth-order valence-corrected chi connectivity index (χ4v) is 8.71. The Kier molecular flexibility index (Phi) is 7.61. The Morgan fingerprint density at radius 1 is 0.788 bits per heavy atom. The van der Waals surface area contributed by atoms with Gasteiger partial charge in [0.1, 0.15) is 6.79 Å². The lowest BCUT2D eigenvalue weighted by Crippen LogP contribution is -2.53. The third-order valence-corrected chi connectivity index (χ3v) is 11.1. The first-order valence-electron chi connectivity index (χ1n) is 13.2. The molecule has 1 amide bonds. The molecular weight excluding hydrogens is 442 g/mol. The van der Waals surface area contributed by atoms with Gasteiger partial charge in [0.15, 0.2) is 0 Å². The standard InChI is InChI=1S/C24H41N3O5S/c28-24(20-8-10-27(11-9-20)33(29,30)21-4-2-1-3-5-21)26-14-12-25(13-15-26)17-19-6-7-22-23(16-19)32-18-31-22/h19-23H,1-18H2. The molecule has 3 aliphatic heterocycles. The van der Waals surface area contributed by atoms with Gasteiger partial charge in [-0.15, -0.1) is 0 Å². The zero-order valence-corrected chi connectivity index (χ0v) is 20.7. The Balaban J connectivity index is 1.04. The smallest absolute Gasteiger partial charge is 0.225 e. The average Bonchev–Trinajstić information content (AvgIpc) is 3.33. The van der Waals surface area contributed by atoms with Crippen molar-refractivity contribution in [2.75, 3.05) is 52.6 Å². The maximum absolute atomic E-state index is 13.1. The van der Waals surface area contributed by atoms with Crippen LogP contribution >= 0.6 is 0 Å². The van der Waals surface area contributed by atoms with Crippen molar-refractivity contribution in [1.29, 1.82) is 0 Å². The number of hydrogen-bond acceptors (Lipinski definition) is 6. The minimum atomic E-state index is -3.20. The van der Waals surface area contributed by atoms with Crippen LogP contribution < -0.4 is 0 Å². The third-order valence-electron chi connectivity index (χ3n) is 8.74. The van der Waals surface area contributed by atoms with Crippen LogP contribution in [-0.2, 0) is 24.3 Å². The molecule has 5 aliphatic rings. The molecule has 3 unspecified atom stereocenters. The predicted molar refractivity (Wildman–Crippen MR) is 125 cm³/mol. The number of rotatable bonds is 5. The van der Waals surface area contributed by atoms with Gasteiger partial charge in [-0.25, -0.2) is 12.7 Å². The fourth-order valence-electron chi connectivity index (χ4n) is 6.64. The maximum Gasteiger partial charge on any atom is 0.225 e. The number of ether oxygens (including phenoxy) is 2. The lowest BCUT2D eigenvalue weighted by Gasteiger charge is -2.40. The van der Waals surface area contributed by atoms with Crippen molar-refractivity contribution in [3.05, 3.63) is 0 Å². The zero-order valence-electron chi connectivity index (χ0n) is 19.9. The highest BCUT2D eigenvalue weighted by Crippen LogP contribution is 2.33. The van der Waals surface area contributed by atoms with E-state index in [2.05, 4.69) is 4.90 Å². The minimum Gasteiger partial charge on any atom is -0.349 e. The molecule has 9 heteroatoms. The Bertz CT molecular complexity index is 771. The number of fused-ring (bicyclic) bond motifs is 1. The van der Waals surface area contributed by atoms with Crippen LogP contribution in [0.3, 0.4) is 0 Å². The van der Waals surface area contributed by atoms with Gasteiger partial charge in [0.05, 0.1) is 17.5 Å². The predicted octanol–water partition coefficient (Wildman–Crippen LogP) is 2.05. The van der Waals surface area contributed by atoms with E-state index >= 15 is 0 Å². The van der Waals surface area contributed by atoms with Crippen LogP contribution in [-0.4, -0.2) is 98.5 Å². The Hall–Kier alpha value is -0.740. The number of amides is 1. The number of sulfonamides is 1. The average molecular weight is 484 g/mol. The Labute approximate surface area is 199 Å². The van der Waals surface area contributed by atoms with Crippen molar-refractivity contribution in [3.63, 3.8) is 0 Å². The van der Waals surface area contributed by atoms with E-state index < -0.39 is 10.0 Å². The maximum atomic E-state index is 13.1. The molecule has 0 spiro atoms. The number of carbonyl (C=O) groups excluding carboxylic acids is 1. The van der Waals surface area contributed by atoms with E-state index in [0.29, 0.717) is 44.7 Å². The molecule has 3 heterocycles. The first kappa shape index (κ1) is 24.0. The van der Waals surface area contributed by atoms with Crippen LogP contribution in [0.4, 0.5) is 0 Å². The fraction of sp³-hybridized carbons (Fsp3) is 0.958. The first-order chi connectivity index (χ1) is 16.0. The van der Waals surface area contributed by atoms with Crippen molar-refractivity contribution in [1.82, 2.24) is 14.1 Å². The molecule has 0 aromatic heterocycles. The molecule has 5 rings (SSSR count). The summed E-state index contributed by atoms with van der Waals surface area (Å²) >= 11 is 0. The summed E-state index contributed by atoms with van der Waals surface area (Å²) in [6.07, 6.45) is 10.1. The quantitative estimate of drug-likeness (QED) is 0.596. The van der Waals surface area contributed by atoms with Crippen molar-refractivity contribution in [2.24, 2.45) is 11.8 Å². The van der Waals surface area contributed by atoms with Crippen molar-refractivity contribution < 1.29 is 22.7 Å². The first-order valence-corrected chi connectivity index (χ1v) is 14.7. The molecule has 3 saturated heterocycles. The molecule has 33 heavy (non-hydrogen) atoms. The summed E-state index contributed by atoms with van der Waals surface area (Å²) in [4.78, 5) is 17.7. The number of piperidine rings is 1. The van der Waals surface area contributed by atoms with E-state index in [1.54, 1.807) is 4.31 Å². The van der Waals surface area contributed by atoms with Crippen molar-refractivity contribution >= 4 is 15.9 Å². The second-order valence-corrected chi connectivity index (χ2v) is 13.0. The van der Waals surface area contributed by atoms with Gasteiger partial charge in [0, 0.05) is 51.7 Å². The summed E-state index contributed by atoms with van der Waals surface area (Å²) < 4.78 is 39.0. The van der Waals surface area contributed by atoms with Gasteiger partial charge >= 0.3 is 0 Å². The molecular formula is C24H41N3O5S. The van der Waals surface area contributed by atoms with E-state index in [-0.39, 0.29) is 23.2 Å². The topological polar surface area (TPSA) is 79.4 Å². The van der Waals surface area contributed by atoms with E-state index in [4.69, 9.17) is 9.47 Å². The van der Waals surface area contributed by atoms with Gasteiger partial charge in [-0.1, -0.05) is 19.3 Å². The largest absolute Gasteiger partial charge is 0.349 e. The molecule has 2 aliphatic carbocycles. The molecule has 0 aromatic carbocycles. The summed E-state index contributed by atoms with van der Waals surface area (Å²) in [5, 5.41) is -0.200. The highest BCUT2D eigenvalue weighted by molar-refractivity contribution is 7.89. The van der Waals surface area contributed by atoms with Gasteiger partial charge in [-0.3, -0.25) is 9.69 Å². The number of nitrogens with zero attached hydrogens (tertiary/aromatic N) is 3. The SMILES string of the molecule is O=C(C1CCN(S(=O)(=O)C2CCCCC2)CC1)N1CCN(CC2CCC3OCOC3C2)CC1. The third kappa shape index (κ3) is 5.42. The molecule has 0 radical (unpaired) electrons. The van der Waals surface area contributed by atoms with Gasteiger partial charge in [0.25, 0.3) is 0 Å². The number of carbonyl (C=O) groups is 1. The van der Waals surface area contributed by atoms with Crippen LogP contribution in [0.2, 0.25) is 0 Å². The minimum absolute atomic E-state index is 0.0239. The molecule has 5 fully saturated rings. The Morgan fingerprint density at radius 3 is 2.21 bits per heavy atom. The molecule has 188 valence electrons. The van der Waals surface area contributed by atoms with Gasteiger partial charge in [0.2, 0.25) is 15.9 Å². The lowest BCUT2D eigenvalue weighted by molar-refractivity contribution is -0.138. The summed E-state index contributed by atoms with van der Waals surface area (Å²) in [6, 6.07) is 0. The van der Waals surface area contributed by atoms with Gasteiger partial charge in [-0.05, 0) is 50.9 Å². The van der Waals surface area contributed by atoms with Gasteiger partial charge < -0.3 is 14.4 Å². The second-order valence-electron chi connectivity index (χ2n) is 10.8. The zero-order chi connectivity index (χ0) is 22.8. The molecule has 0 bridgehead atoms. The highest BCUT2D eigenvalue weighted by Gasteiger charge is 2.39. The number of hydrogen-bond donors (Lipinski definition) is 0. The monoisotopic (exact) mass is 483 g/mol. The van der Waals surface area contributed by atoms with E-state index in [0.717, 1.165) is 77.7 Å². The van der Waals surface area contributed by atoms with E-state index in [1.807, 2.05) is 4.90 Å². The van der Waals surface area contributed by atoms with Crippen LogP contribution in [0.25, 0.3) is 0 Å². The van der Waals surface area contributed by atoms with Crippen molar-refractivity contribution in [3.8, 4) is 0 Å². The highest BCUT2D eigenvalue weighted by atomic mass is 32.2. The molecule has 0 aromatic rings. The molecule has 3 atom stereocenters. The summed E-state index contributed by atoms with van der Waals surface area (Å²) in [7, 11) is -3.20. The van der Waals surface area contributed by atoms with Crippen LogP contribution in [0, 0.1) is 11.8 Å². The summed E-state index contributed by atoms with van der Waals surface area (Å²) in [5.74, 6) is 0.871. The second kappa shape index (κ2) is 10.5. The number of piperazine rings is 1. The van der Waals surface area contributed by atoms with E-state index in [1.165, 1.54) is 6.42 Å². The Morgan fingerprint density at radius 2 is 1.48 bits per heavy atom.